The van der Waals surface area contributed by atoms with Crippen molar-refractivity contribution >= 4 is 5.97 Å². The number of rotatable bonds is 1. The van der Waals surface area contributed by atoms with Gasteiger partial charge in [0.15, 0.2) is 0 Å². The zero-order valence-corrected chi connectivity index (χ0v) is 6.46. The van der Waals surface area contributed by atoms with E-state index in [2.05, 4.69) is 4.98 Å². The molecule has 13 heavy (non-hydrogen) atoms. The highest BCUT2D eigenvalue weighted by Gasteiger charge is 2.35. The summed E-state index contributed by atoms with van der Waals surface area (Å²) in [6.45, 7) is 0. The Morgan fingerprint density at radius 2 is 2.15 bits per heavy atom. The van der Waals surface area contributed by atoms with E-state index in [-0.39, 0.29) is 0 Å². The molecule has 7 heteroatoms. The van der Waals surface area contributed by atoms with E-state index in [1.165, 1.54) is 0 Å². The molecule has 72 valence electrons. The van der Waals surface area contributed by atoms with Crippen molar-refractivity contribution in [3.8, 4) is 0 Å². The molecular formula is C6H5F3N2O2. The third-order valence-electron chi connectivity index (χ3n) is 1.47. The molecule has 1 rings (SSSR count). The number of carboxylic acids is 1. The van der Waals surface area contributed by atoms with Crippen LogP contribution in [0, 0.1) is 0 Å². The number of halogens is 3. The first-order valence-corrected chi connectivity index (χ1v) is 3.16. The Morgan fingerprint density at radius 1 is 1.62 bits per heavy atom. The van der Waals surface area contributed by atoms with E-state index in [1.807, 2.05) is 0 Å². The van der Waals surface area contributed by atoms with Crippen molar-refractivity contribution in [1.82, 2.24) is 9.55 Å². The molecule has 0 bridgehead atoms. The lowest BCUT2D eigenvalue weighted by atomic mass is 10.4. The van der Waals surface area contributed by atoms with Crippen LogP contribution in [0.2, 0.25) is 0 Å². The van der Waals surface area contributed by atoms with E-state index < -0.39 is 23.7 Å². The second-order valence-electron chi connectivity index (χ2n) is 2.33. The van der Waals surface area contributed by atoms with Gasteiger partial charge in [-0.2, -0.15) is 13.2 Å². The first kappa shape index (κ1) is 9.56. The smallest absolute Gasteiger partial charge is 0.433 e. The maximum atomic E-state index is 12.1. The van der Waals surface area contributed by atoms with E-state index in [4.69, 9.17) is 5.11 Å². The molecule has 0 spiro atoms. The molecule has 1 aromatic rings. The third kappa shape index (κ3) is 1.63. The quantitative estimate of drug-likeness (QED) is 0.729. The van der Waals surface area contributed by atoms with Crippen LogP contribution >= 0.6 is 0 Å². The van der Waals surface area contributed by atoms with Gasteiger partial charge >= 0.3 is 12.1 Å². The molecular weight excluding hydrogens is 189 g/mol. The van der Waals surface area contributed by atoms with Crippen molar-refractivity contribution in [3.05, 3.63) is 17.7 Å². The summed E-state index contributed by atoms with van der Waals surface area (Å²) in [5, 5.41) is 8.39. The Labute approximate surface area is 70.6 Å². The van der Waals surface area contributed by atoms with Gasteiger partial charge in [-0.15, -0.1) is 0 Å². The van der Waals surface area contributed by atoms with Gasteiger partial charge in [-0.25, -0.2) is 9.78 Å². The molecule has 0 atom stereocenters. The maximum Gasteiger partial charge on any atom is 0.433 e. The van der Waals surface area contributed by atoms with Crippen LogP contribution in [-0.2, 0) is 13.2 Å². The van der Waals surface area contributed by atoms with Crippen LogP contribution in [0.4, 0.5) is 13.2 Å². The lowest BCUT2D eigenvalue weighted by Crippen LogP contribution is -2.14. The molecule has 0 radical (unpaired) electrons. The van der Waals surface area contributed by atoms with Crippen LogP contribution in [0.25, 0.3) is 0 Å². The van der Waals surface area contributed by atoms with E-state index in [0.29, 0.717) is 10.8 Å². The molecule has 0 aliphatic heterocycles. The van der Waals surface area contributed by atoms with Crippen molar-refractivity contribution in [2.75, 3.05) is 0 Å². The minimum atomic E-state index is -4.57. The second kappa shape index (κ2) is 2.75. The molecule has 1 N–H and O–H groups in total. The van der Waals surface area contributed by atoms with Gasteiger partial charge in [0, 0.05) is 7.05 Å². The van der Waals surface area contributed by atoms with Crippen LogP contribution in [-0.4, -0.2) is 20.6 Å². The summed E-state index contributed by atoms with van der Waals surface area (Å²) in [5.74, 6) is -2.12. The van der Waals surface area contributed by atoms with Crippen molar-refractivity contribution in [3.63, 3.8) is 0 Å². The van der Waals surface area contributed by atoms with E-state index in [0.717, 1.165) is 7.05 Å². The highest BCUT2D eigenvalue weighted by molar-refractivity contribution is 5.83. The van der Waals surface area contributed by atoms with E-state index in [1.54, 1.807) is 0 Å². The van der Waals surface area contributed by atoms with Crippen LogP contribution in [0.3, 0.4) is 0 Å². The highest BCUT2D eigenvalue weighted by Crippen LogP contribution is 2.28. The maximum absolute atomic E-state index is 12.1. The normalized spacial score (nSPS) is 11.7. The molecule has 0 aromatic carbocycles. The van der Waals surface area contributed by atoms with Gasteiger partial charge in [-0.05, 0) is 0 Å². The number of carbonyl (C=O) groups is 1. The zero-order valence-electron chi connectivity index (χ0n) is 6.46. The number of aromatic nitrogens is 2. The topological polar surface area (TPSA) is 55.1 Å². The first-order valence-electron chi connectivity index (χ1n) is 3.16. The van der Waals surface area contributed by atoms with Crippen LogP contribution in [0.15, 0.2) is 6.20 Å². The molecule has 1 heterocycles. The summed E-state index contributed by atoms with van der Waals surface area (Å²) in [6.07, 6.45) is -4.08. The van der Waals surface area contributed by atoms with Gasteiger partial charge in [0.25, 0.3) is 0 Å². The van der Waals surface area contributed by atoms with Crippen LogP contribution in [0.5, 0.6) is 0 Å². The van der Waals surface area contributed by atoms with Crippen LogP contribution < -0.4 is 0 Å². The van der Waals surface area contributed by atoms with Gasteiger partial charge in [0.05, 0.1) is 6.20 Å². The van der Waals surface area contributed by atoms with Gasteiger partial charge in [0.1, 0.15) is 5.69 Å². The summed E-state index contributed by atoms with van der Waals surface area (Å²) < 4.78 is 36.7. The Kier molecular flexibility index (Phi) is 2.02. The minimum absolute atomic E-state index is 0.488. The number of alkyl halides is 3. The van der Waals surface area contributed by atoms with Gasteiger partial charge in [-0.3, -0.25) is 0 Å². The number of hydrogen-bond acceptors (Lipinski definition) is 2. The number of carboxylic acid groups (broad SMARTS) is 1. The number of imidazole rings is 1. The van der Waals surface area contributed by atoms with Crippen molar-refractivity contribution < 1.29 is 23.1 Å². The lowest BCUT2D eigenvalue weighted by Gasteiger charge is -2.06. The summed E-state index contributed by atoms with van der Waals surface area (Å²) in [6, 6.07) is 0. The Hall–Kier alpha value is -1.53. The molecule has 0 saturated heterocycles. The second-order valence-corrected chi connectivity index (χ2v) is 2.33. The lowest BCUT2D eigenvalue weighted by molar-refractivity contribution is -0.143. The fourth-order valence-electron chi connectivity index (χ4n) is 0.872. The van der Waals surface area contributed by atoms with Crippen molar-refractivity contribution in [2.45, 2.75) is 6.18 Å². The van der Waals surface area contributed by atoms with Crippen molar-refractivity contribution in [2.24, 2.45) is 7.05 Å². The van der Waals surface area contributed by atoms with E-state index >= 15 is 0 Å². The monoisotopic (exact) mass is 194 g/mol. The average Bonchev–Trinajstić information content (AvgIpc) is 2.28. The summed E-state index contributed by atoms with van der Waals surface area (Å²) >= 11 is 0. The number of hydrogen-bond donors (Lipinski definition) is 1. The summed E-state index contributed by atoms with van der Waals surface area (Å²) in [4.78, 5) is 13.4. The summed E-state index contributed by atoms with van der Waals surface area (Å²) in [5.41, 5.74) is -1.08. The van der Waals surface area contributed by atoms with Gasteiger partial charge < -0.3 is 9.67 Å². The average molecular weight is 194 g/mol. The van der Waals surface area contributed by atoms with Crippen molar-refractivity contribution in [1.29, 1.82) is 0 Å². The predicted octanol–water partition coefficient (Wildman–Crippen LogP) is 1.14. The van der Waals surface area contributed by atoms with Gasteiger partial charge in [-0.1, -0.05) is 0 Å². The van der Waals surface area contributed by atoms with E-state index in [9.17, 15) is 18.0 Å². The predicted molar refractivity (Wildman–Crippen MR) is 35.2 cm³/mol. The first-order chi connectivity index (χ1) is 5.84. The highest BCUT2D eigenvalue weighted by atomic mass is 19.4. The molecule has 0 aliphatic carbocycles. The Bertz CT molecular complexity index is 342. The minimum Gasteiger partial charge on any atom is -0.475 e. The van der Waals surface area contributed by atoms with Gasteiger partial charge in [0.2, 0.25) is 5.82 Å². The largest absolute Gasteiger partial charge is 0.475 e. The SMILES string of the molecule is Cn1c(C(F)(F)F)cnc1C(=O)O. The standard InChI is InChI=1S/C6H5F3N2O2/c1-11-3(6(7,8)9)2-10-4(11)5(12)13/h2H,1H3,(H,12,13). The Balaban J connectivity index is 3.22. The number of aromatic carboxylic acids is 1. The molecule has 0 saturated carbocycles. The molecule has 0 unspecified atom stereocenters. The molecule has 4 nitrogen and oxygen atoms in total. The molecule has 0 aliphatic rings. The van der Waals surface area contributed by atoms with Crippen LogP contribution in [0.1, 0.15) is 16.3 Å². The fraction of sp³-hybridized carbons (Fsp3) is 0.333. The molecule has 0 fully saturated rings. The summed E-state index contributed by atoms with van der Waals surface area (Å²) in [7, 11) is 0.999. The fourth-order valence-corrected chi connectivity index (χ4v) is 0.872. The molecule has 0 amide bonds. The molecule has 1 aromatic heterocycles. The zero-order chi connectivity index (χ0) is 10.2. The number of nitrogens with zero attached hydrogens (tertiary/aromatic N) is 2. The Morgan fingerprint density at radius 3 is 2.38 bits per heavy atom. The third-order valence-corrected chi connectivity index (χ3v) is 1.47.